The van der Waals surface area contributed by atoms with Gasteiger partial charge in [0.1, 0.15) is 11.6 Å². The van der Waals surface area contributed by atoms with Crippen molar-refractivity contribution in [2.75, 3.05) is 4.90 Å². The number of aliphatic hydroxyl groups excluding tert-OH is 1. The number of amides is 1. The van der Waals surface area contributed by atoms with Crippen LogP contribution in [0.15, 0.2) is 78.4 Å². The topological polar surface area (TPSA) is 57.6 Å². The van der Waals surface area contributed by atoms with Crippen LogP contribution in [0.2, 0.25) is 0 Å². The number of carbonyl (C=O) groups is 2. The zero-order chi connectivity index (χ0) is 23.9. The Hall–Kier alpha value is -3.94. The van der Waals surface area contributed by atoms with Crippen LogP contribution in [0, 0.1) is 12.7 Å². The number of hydrogen-bond acceptors (Lipinski definition) is 3. The molecule has 4 rings (SSSR count). The number of aryl methyl sites for hydroxylation is 1. The lowest BCUT2D eigenvalue weighted by atomic mass is 9.94. The monoisotopic (exact) mass is 455 g/mol. The number of carbonyl (C=O) groups excluding carboxylic acids is 2. The van der Waals surface area contributed by atoms with Crippen molar-refractivity contribution in [2.45, 2.75) is 19.1 Å². The van der Waals surface area contributed by atoms with E-state index in [0.717, 1.165) is 40.8 Å². The van der Waals surface area contributed by atoms with E-state index in [2.05, 4.69) is 0 Å². The lowest BCUT2D eigenvalue weighted by molar-refractivity contribution is -0.137. The molecule has 8 heteroatoms. The molecule has 0 radical (unpaired) electrons. The van der Waals surface area contributed by atoms with E-state index in [-0.39, 0.29) is 16.8 Å². The van der Waals surface area contributed by atoms with E-state index in [1.165, 1.54) is 18.2 Å². The number of Topliss-reactive ketones (excluding diaryl/α,β-unsaturated/α-hetero) is 1. The lowest BCUT2D eigenvalue weighted by Gasteiger charge is -2.26. The third-order valence-electron chi connectivity index (χ3n) is 5.37. The van der Waals surface area contributed by atoms with E-state index < -0.39 is 41.0 Å². The van der Waals surface area contributed by atoms with Crippen LogP contribution in [0.1, 0.15) is 28.3 Å². The Morgan fingerprint density at radius 2 is 1.61 bits per heavy atom. The van der Waals surface area contributed by atoms with Crippen molar-refractivity contribution in [2.24, 2.45) is 0 Å². The predicted octanol–water partition coefficient (Wildman–Crippen LogP) is 5.78. The molecule has 0 bridgehead atoms. The van der Waals surface area contributed by atoms with Crippen molar-refractivity contribution in [3.63, 3.8) is 0 Å². The summed E-state index contributed by atoms with van der Waals surface area (Å²) in [6, 6.07) is 14.3. The lowest BCUT2D eigenvalue weighted by Crippen LogP contribution is -2.29. The number of anilines is 1. The molecule has 1 atom stereocenters. The van der Waals surface area contributed by atoms with E-state index in [1.807, 2.05) is 0 Å². The minimum absolute atomic E-state index is 0.0936. The van der Waals surface area contributed by atoms with Crippen LogP contribution in [-0.4, -0.2) is 16.8 Å². The van der Waals surface area contributed by atoms with Crippen LogP contribution in [0.4, 0.5) is 23.2 Å². The quantitative estimate of drug-likeness (QED) is 0.236. The molecule has 3 aromatic rings. The number of nitrogens with zero attached hydrogens (tertiary/aromatic N) is 1. The molecular weight excluding hydrogens is 438 g/mol. The van der Waals surface area contributed by atoms with Gasteiger partial charge in [0.05, 0.1) is 17.2 Å². The Morgan fingerprint density at radius 1 is 0.939 bits per heavy atom. The Kier molecular flexibility index (Phi) is 5.53. The molecule has 4 nitrogen and oxygen atoms in total. The third-order valence-corrected chi connectivity index (χ3v) is 5.37. The zero-order valence-corrected chi connectivity index (χ0v) is 17.2. The highest BCUT2D eigenvalue weighted by molar-refractivity contribution is 6.51. The number of rotatable bonds is 3. The largest absolute Gasteiger partial charge is 0.507 e. The summed E-state index contributed by atoms with van der Waals surface area (Å²) in [5.41, 5.74) is -0.120. The van der Waals surface area contributed by atoms with Crippen LogP contribution < -0.4 is 4.90 Å². The van der Waals surface area contributed by atoms with Gasteiger partial charge in [0, 0.05) is 11.3 Å². The fourth-order valence-corrected chi connectivity index (χ4v) is 3.85. The van der Waals surface area contributed by atoms with Gasteiger partial charge in [-0.15, -0.1) is 0 Å². The van der Waals surface area contributed by atoms with Gasteiger partial charge >= 0.3 is 6.18 Å². The summed E-state index contributed by atoms with van der Waals surface area (Å²) in [6.45, 7) is 1.78. The molecule has 168 valence electrons. The van der Waals surface area contributed by atoms with Gasteiger partial charge in [-0.05, 0) is 55.0 Å². The molecule has 0 saturated carbocycles. The van der Waals surface area contributed by atoms with Gasteiger partial charge in [-0.3, -0.25) is 14.5 Å². The Bertz CT molecular complexity index is 1280. The number of aliphatic hydroxyl groups is 1. The number of halogens is 4. The molecular formula is C25H17F4NO3. The minimum atomic E-state index is -4.66. The number of alkyl halides is 3. The van der Waals surface area contributed by atoms with Gasteiger partial charge in [0.25, 0.3) is 11.7 Å². The van der Waals surface area contributed by atoms with Crippen LogP contribution in [0.25, 0.3) is 5.76 Å². The van der Waals surface area contributed by atoms with E-state index in [1.54, 1.807) is 31.2 Å². The molecule has 0 aliphatic carbocycles. The van der Waals surface area contributed by atoms with Crippen molar-refractivity contribution in [1.29, 1.82) is 0 Å². The fourth-order valence-electron chi connectivity index (χ4n) is 3.85. The number of hydrogen-bond donors (Lipinski definition) is 1. The Balaban J connectivity index is 1.95. The van der Waals surface area contributed by atoms with E-state index in [9.17, 15) is 32.3 Å². The smallest absolute Gasteiger partial charge is 0.416 e. The van der Waals surface area contributed by atoms with Gasteiger partial charge in [-0.2, -0.15) is 13.2 Å². The van der Waals surface area contributed by atoms with Crippen LogP contribution in [0.3, 0.4) is 0 Å². The molecule has 1 heterocycles. The maximum atomic E-state index is 13.4. The van der Waals surface area contributed by atoms with Crippen LogP contribution in [0.5, 0.6) is 0 Å². The van der Waals surface area contributed by atoms with Crippen LogP contribution >= 0.6 is 0 Å². The molecule has 1 amide bonds. The normalized spacial score (nSPS) is 18.1. The van der Waals surface area contributed by atoms with Crippen molar-refractivity contribution < 1.29 is 32.3 Å². The molecule has 1 saturated heterocycles. The van der Waals surface area contributed by atoms with Crippen molar-refractivity contribution in [1.82, 2.24) is 0 Å². The Morgan fingerprint density at radius 3 is 2.24 bits per heavy atom. The summed E-state index contributed by atoms with van der Waals surface area (Å²) >= 11 is 0. The first-order valence-corrected chi connectivity index (χ1v) is 9.88. The summed E-state index contributed by atoms with van der Waals surface area (Å²) in [6.07, 6.45) is -4.66. The average Bonchev–Trinajstić information content (AvgIpc) is 3.04. The van der Waals surface area contributed by atoms with Gasteiger partial charge in [-0.1, -0.05) is 35.9 Å². The molecule has 1 fully saturated rings. The molecule has 1 N–H and O–H groups in total. The SMILES string of the molecule is Cc1cccc(C2/C(=C(\O)c3ccc(F)cc3)C(=O)C(=O)N2c2cccc(C(F)(F)F)c2)c1. The average molecular weight is 455 g/mol. The second kappa shape index (κ2) is 8.20. The predicted molar refractivity (Wildman–Crippen MR) is 114 cm³/mol. The Labute approximate surface area is 186 Å². The maximum absolute atomic E-state index is 13.4. The second-order valence-electron chi connectivity index (χ2n) is 7.64. The van der Waals surface area contributed by atoms with Gasteiger partial charge < -0.3 is 5.11 Å². The van der Waals surface area contributed by atoms with E-state index in [4.69, 9.17) is 0 Å². The highest BCUT2D eigenvalue weighted by Crippen LogP contribution is 2.43. The molecule has 1 aliphatic heterocycles. The first kappa shape index (κ1) is 22.3. The number of benzene rings is 3. The van der Waals surface area contributed by atoms with Gasteiger partial charge in [-0.25, -0.2) is 4.39 Å². The van der Waals surface area contributed by atoms with E-state index >= 15 is 0 Å². The van der Waals surface area contributed by atoms with Crippen molar-refractivity contribution in [3.05, 3.63) is 106 Å². The van der Waals surface area contributed by atoms with Gasteiger partial charge in [0.15, 0.2) is 0 Å². The fraction of sp³-hybridized carbons (Fsp3) is 0.120. The highest BCUT2D eigenvalue weighted by Gasteiger charge is 2.47. The van der Waals surface area contributed by atoms with E-state index in [0.29, 0.717) is 5.56 Å². The number of ketones is 1. The highest BCUT2D eigenvalue weighted by atomic mass is 19.4. The summed E-state index contributed by atoms with van der Waals surface area (Å²) in [4.78, 5) is 27.0. The molecule has 1 unspecified atom stereocenters. The molecule has 1 aliphatic rings. The molecule has 3 aromatic carbocycles. The first-order chi connectivity index (χ1) is 15.6. The summed E-state index contributed by atoms with van der Waals surface area (Å²) in [5.74, 6) is -3.24. The molecule has 0 spiro atoms. The maximum Gasteiger partial charge on any atom is 0.416 e. The van der Waals surface area contributed by atoms with Crippen molar-refractivity contribution in [3.8, 4) is 0 Å². The molecule has 0 aromatic heterocycles. The standard InChI is InChI=1S/C25H17F4NO3/c1-14-4-2-5-16(12-14)21-20(22(31)15-8-10-18(26)11-9-15)23(32)24(33)30(21)19-7-3-6-17(13-19)25(27,28)29/h2-13,21,31H,1H3/b22-20+. The summed E-state index contributed by atoms with van der Waals surface area (Å²) in [7, 11) is 0. The van der Waals surface area contributed by atoms with Gasteiger partial charge in [0.2, 0.25) is 0 Å². The molecule has 33 heavy (non-hydrogen) atoms. The zero-order valence-electron chi connectivity index (χ0n) is 17.2. The first-order valence-electron chi connectivity index (χ1n) is 9.88. The summed E-state index contributed by atoms with van der Waals surface area (Å²) in [5, 5.41) is 10.9. The van der Waals surface area contributed by atoms with Crippen molar-refractivity contribution >= 4 is 23.1 Å². The van der Waals surface area contributed by atoms with Crippen LogP contribution in [-0.2, 0) is 15.8 Å². The second-order valence-corrected chi connectivity index (χ2v) is 7.64. The minimum Gasteiger partial charge on any atom is -0.507 e. The summed E-state index contributed by atoms with van der Waals surface area (Å²) < 4.78 is 53.3. The third kappa shape index (κ3) is 4.11.